The molecule has 4 rings (SSSR count). The van der Waals surface area contributed by atoms with E-state index in [2.05, 4.69) is 15.3 Å². The molecule has 0 saturated carbocycles. The number of nitrogens with zero attached hydrogens (tertiary/aromatic N) is 1. The molecule has 1 aromatic carbocycles. The van der Waals surface area contributed by atoms with Crippen LogP contribution >= 0.6 is 0 Å². The van der Waals surface area contributed by atoms with Gasteiger partial charge in [-0.25, -0.2) is 4.98 Å². The van der Waals surface area contributed by atoms with Gasteiger partial charge in [-0.05, 0) is 36.1 Å². The van der Waals surface area contributed by atoms with E-state index in [0.717, 1.165) is 46.5 Å². The van der Waals surface area contributed by atoms with Gasteiger partial charge in [-0.15, -0.1) is 0 Å². The minimum atomic E-state index is -4.22. The predicted molar refractivity (Wildman–Crippen MR) is 110 cm³/mol. The van der Waals surface area contributed by atoms with Crippen LogP contribution in [-0.2, 0) is 12.8 Å². The lowest BCUT2D eigenvalue weighted by Gasteiger charge is -2.12. The molecule has 1 aliphatic carbocycles. The number of H-pyrrole nitrogens is 1. The number of pyridine rings is 1. The van der Waals surface area contributed by atoms with Crippen molar-refractivity contribution in [3.05, 3.63) is 71.0 Å². The van der Waals surface area contributed by atoms with E-state index in [1.165, 1.54) is 0 Å². The number of hydrogen-bond acceptors (Lipinski definition) is 3. The van der Waals surface area contributed by atoms with Crippen LogP contribution in [0.15, 0.2) is 48.7 Å². The van der Waals surface area contributed by atoms with Gasteiger partial charge < -0.3 is 10.3 Å². The summed E-state index contributed by atoms with van der Waals surface area (Å²) in [7, 11) is 0. The van der Waals surface area contributed by atoms with E-state index in [0.29, 0.717) is 18.7 Å². The summed E-state index contributed by atoms with van der Waals surface area (Å²) in [4.78, 5) is 20.2. The van der Waals surface area contributed by atoms with E-state index in [-0.39, 0.29) is 12.3 Å². The highest BCUT2D eigenvalue weighted by atomic mass is 19.4. The second-order valence-electron chi connectivity index (χ2n) is 7.49. The molecule has 4 nitrogen and oxygen atoms in total. The molecule has 0 fully saturated rings. The van der Waals surface area contributed by atoms with E-state index in [9.17, 15) is 18.0 Å². The molecule has 0 bridgehead atoms. The molecule has 0 aliphatic heterocycles. The lowest BCUT2D eigenvalue weighted by molar-refractivity contribution is -0.131. The van der Waals surface area contributed by atoms with Gasteiger partial charge in [0.05, 0.1) is 12.1 Å². The van der Waals surface area contributed by atoms with E-state index >= 15 is 0 Å². The first-order valence-electron chi connectivity index (χ1n) is 9.98. The van der Waals surface area contributed by atoms with Crippen LogP contribution < -0.4 is 5.32 Å². The Bertz CT molecular complexity index is 1040. The Morgan fingerprint density at radius 3 is 2.67 bits per heavy atom. The topological polar surface area (TPSA) is 57.8 Å². The molecule has 1 aliphatic rings. The molecule has 3 aromatic rings. The number of aromatic nitrogens is 2. The molecule has 0 saturated heterocycles. The predicted octanol–water partition coefficient (Wildman–Crippen LogP) is 5.55. The average molecular weight is 413 g/mol. The van der Waals surface area contributed by atoms with Crippen molar-refractivity contribution in [2.75, 3.05) is 11.9 Å². The molecule has 156 valence electrons. The van der Waals surface area contributed by atoms with Crippen LogP contribution in [0.25, 0.3) is 11.3 Å². The number of aromatic amines is 1. The van der Waals surface area contributed by atoms with Crippen LogP contribution in [0.2, 0.25) is 0 Å². The summed E-state index contributed by atoms with van der Waals surface area (Å²) in [5.74, 6) is 0.517. The molecule has 2 N–H and O–H groups in total. The highest BCUT2D eigenvalue weighted by molar-refractivity contribution is 6.01. The number of rotatable bonds is 6. The number of ketones is 1. The number of halogens is 3. The summed E-state index contributed by atoms with van der Waals surface area (Å²) >= 11 is 0. The Labute approximate surface area is 172 Å². The molecule has 2 aromatic heterocycles. The van der Waals surface area contributed by atoms with Crippen LogP contribution in [-0.4, -0.2) is 28.5 Å². The van der Waals surface area contributed by atoms with Gasteiger partial charge in [0.25, 0.3) is 0 Å². The number of aryl methyl sites for hydroxylation is 1. The summed E-state index contributed by atoms with van der Waals surface area (Å²) < 4.78 is 37.3. The van der Waals surface area contributed by atoms with Crippen LogP contribution in [0.1, 0.15) is 46.4 Å². The summed E-state index contributed by atoms with van der Waals surface area (Å²) in [5, 5.41) is 2.74. The summed E-state index contributed by atoms with van der Waals surface area (Å²) in [5.41, 5.74) is 5.37. The Kier molecular flexibility index (Phi) is 5.61. The molecular weight excluding hydrogens is 391 g/mol. The van der Waals surface area contributed by atoms with Crippen molar-refractivity contribution >= 4 is 11.6 Å². The standard InChI is InChI=1S/C23H22F3N3O/c24-23(25,26)10-12-28-20-14-16(9-11-27-20)22-17(13-15-5-2-1-3-6-15)21-18(29-22)7-4-8-19(21)30/h1-3,5-6,9,11,14,29H,4,7-8,10,12-13H2,(H,27,28). The fourth-order valence-corrected chi connectivity index (χ4v) is 3.91. The third kappa shape index (κ3) is 4.56. The monoisotopic (exact) mass is 413 g/mol. The van der Waals surface area contributed by atoms with Crippen molar-refractivity contribution in [2.24, 2.45) is 0 Å². The molecule has 2 heterocycles. The molecule has 0 radical (unpaired) electrons. The van der Waals surface area contributed by atoms with Crippen molar-refractivity contribution in [3.63, 3.8) is 0 Å². The third-order valence-electron chi connectivity index (χ3n) is 5.28. The normalized spacial score (nSPS) is 13.9. The molecule has 0 spiro atoms. The Balaban J connectivity index is 1.68. The number of nitrogens with one attached hydrogen (secondary N) is 2. The number of carbonyl (C=O) groups excluding carboxylic acids is 1. The number of anilines is 1. The van der Waals surface area contributed by atoms with Crippen molar-refractivity contribution in [1.29, 1.82) is 0 Å². The summed E-state index contributed by atoms with van der Waals surface area (Å²) in [6.45, 7) is -0.240. The number of hydrogen-bond donors (Lipinski definition) is 2. The van der Waals surface area contributed by atoms with Crippen LogP contribution in [0.3, 0.4) is 0 Å². The number of carbonyl (C=O) groups is 1. The van der Waals surface area contributed by atoms with Crippen LogP contribution in [0.5, 0.6) is 0 Å². The first kappa shape index (κ1) is 20.2. The summed E-state index contributed by atoms with van der Waals surface area (Å²) in [6, 6.07) is 13.5. The second kappa shape index (κ2) is 8.34. The SMILES string of the molecule is O=C1CCCc2[nH]c(-c3ccnc(NCCC(F)(F)F)c3)c(Cc3ccccc3)c21. The minimum Gasteiger partial charge on any atom is -0.370 e. The van der Waals surface area contributed by atoms with Gasteiger partial charge in [0.2, 0.25) is 0 Å². The lowest BCUT2D eigenvalue weighted by atomic mass is 9.90. The molecule has 0 atom stereocenters. The zero-order valence-corrected chi connectivity index (χ0v) is 16.4. The van der Waals surface area contributed by atoms with Gasteiger partial charge in [-0.2, -0.15) is 13.2 Å². The zero-order valence-electron chi connectivity index (χ0n) is 16.4. The first-order valence-corrected chi connectivity index (χ1v) is 9.98. The van der Waals surface area contributed by atoms with Crippen LogP contribution in [0, 0.1) is 0 Å². The van der Waals surface area contributed by atoms with Gasteiger partial charge in [-0.3, -0.25) is 4.79 Å². The quantitative estimate of drug-likeness (QED) is 0.557. The number of benzene rings is 1. The number of fused-ring (bicyclic) bond motifs is 1. The van der Waals surface area contributed by atoms with Crippen molar-refractivity contribution in [2.45, 2.75) is 38.3 Å². The fourth-order valence-electron chi connectivity index (χ4n) is 3.91. The Morgan fingerprint density at radius 2 is 1.90 bits per heavy atom. The minimum absolute atomic E-state index is 0.141. The van der Waals surface area contributed by atoms with Gasteiger partial charge in [0.1, 0.15) is 5.82 Å². The highest BCUT2D eigenvalue weighted by Crippen LogP contribution is 2.35. The number of alkyl halides is 3. The maximum absolute atomic E-state index is 12.7. The van der Waals surface area contributed by atoms with Gasteiger partial charge in [0.15, 0.2) is 5.78 Å². The molecule has 7 heteroatoms. The maximum atomic E-state index is 12.7. The number of Topliss-reactive ketones (excluding diaryl/α,β-unsaturated/α-hetero) is 1. The Hall–Kier alpha value is -3.09. The molecule has 0 amide bonds. The third-order valence-corrected chi connectivity index (χ3v) is 5.28. The lowest BCUT2D eigenvalue weighted by Crippen LogP contribution is -2.15. The average Bonchev–Trinajstić information content (AvgIpc) is 3.08. The smallest absolute Gasteiger partial charge is 0.370 e. The maximum Gasteiger partial charge on any atom is 0.390 e. The second-order valence-corrected chi connectivity index (χ2v) is 7.49. The van der Waals surface area contributed by atoms with E-state index in [1.807, 2.05) is 36.4 Å². The van der Waals surface area contributed by atoms with Crippen LogP contribution in [0.4, 0.5) is 19.0 Å². The zero-order chi connectivity index (χ0) is 21.1. The van der Waals surface area contributed by atoms with Gasteiger partial charge in [0, 0.05) is 42.4 Å². The highest BCUT2D eigenvalue weighted by Gasteiger charge is 2.27. The molecule has 30 heavy (non-hydrogen) atoms. The van der Waals surface area contributed by atoms with Gasteiger partial charge in [-0.1, -0.05) is 30.3 Å². The van der Waals surface area contributed by atoms with E-state index in [1.54, 1.807) is 12.3 Å². The molecule has 0 unspecified atom stereocenters. The molecular formula is C23H22F3N3O. The van der Waals surface area contributed by atoms with Crippen molar-refractivity contribution in [3.8, 4) is 11.3 Å². The fraction of sp³-hybridized carbons (Fsp3) is 0.304. The van der Waals surface area contributed by atoms with E-state index in [4.69, 9.17) is 0 Å². The van der Waals surface area contributed by atoms with Crippen molar-refractivity contribution in [1.82, 2.24) is 9.97 Å². The van der Waals surface area contributed by atoms with Crippen molar-refractivity contribution < 1.29 is 18.0 Å². The summed E-state index contributed by atoms with van der Waals surface area (Å²) in [6.07, 6.45) is -0.809. The van der Waals surface area contributed by atoms with E-state index < -0.39 is 12.6 Å². The van der Waals surface area contributed by atoms with Gasteiger partial charge >= 0.3 is 6.18 Å². The Morgan fingerprint density at radius 1 is 1.10 bits per heavy atom. The largest absolute Gasteiger partial charge is 0.390 e. The first-order chi connectivity index (χ1) is 14.4.